The average molecular weight is 518 g/mol. The van der Waals surface area contributed by atoms with E-state index in [1.54, 1.807) is 7.11 Å². The lowest BCUT2D eigenvalue weighted by molar-refractivity contribution is 0.204. The molecule has 1 aliphatic rings. The molecule has 1 heterocycles. The van der Waals surface area contributed by atoms with Gasteiger partial charge in [0.1, 0.15) is 5.75 Å². The van der Waals surface area contributed by atoms with E-state index >= 15 is 0 Å². The highest BCUT2D eigenvalue weighted by Gasteiger charge is 2.24. The summed E-state index contributed by atoms with van der Waals surface area (Å²) in [4.78, 5) is 9.62. The summed E-state index contributed by atoms with van der Waals surface area (Å²) >= 11 is 0. The van der Waals surface area contributed by atoms with E-state index in [1.807, 2.05) is 6.07 Å². The smallest absolute Gasteiger partial charge is 0.191 e. The van der Waals surface area contributed by atoms with Crippen molar-refractivity contribution in [3.63, 3.8) is 0 Å². The summed E-state index contributed by atoms with van der Waals surface area (Å²) in [6, 6.07) is 8.75. The third kappa shape index (κ3) is 7.94. The third-order valence-electron chi connectivity index (χ3n) is 5.70. The maximum atomic E-state index is 5.45. The number of hydrogen-bond donors (Lipinski definition) is 2. The standard InChI is InChI=1S/C22H39N5O.HI/c1-7-23-21(25-17-22(2,3)26(4)5)24-16-20(27-13-8-9-14-27)18-11-10-12-19(15-18)28-6;/h10-12,15,20H,7-9,13-14,16-17H2,1-6H3,(H2,23,24,25);1H. The van der Waals surface area contributed by atoms with Gasteiger partial charge in [-0.25, -0.2) is 0 Å². The molecule has 2 rings (SSSR count). The quantitative estimate of drug-likeness (QED) is 0.299. The van der Waals surface area contributed by atoms with Crippen LogP contribution in [0.1, 0.15) is 45.2 Å². The number of aliphatic imine (C=N–C) groups is 1. The Bertz CT molecular complexity index is 629. The highest BCUT2D eigenvalue weighted by atomic mass is 127. The first kappa shape index (κ1) is 26.0. The SMILES string of the molecule is CCNC(=NCC(C)(C)N(C)C)NCC(c1cccc(OC)c1)N1CCCC1.I. The predicted molar refractivity (Wildman–Crippen MR) is 134 cm³/mol. The van der Waals surface area contributed by atoms with Crippen molar-refractivity contribution < 1.29 is 4.74 Å². The van der Waals surface area contributed by atoms with Gasteiger partial charge >= 0.3 is 0 Å². The first-order valence-electron chi connectivity index (χ1n) is 10.4. The van der Waals surface area contributed by atoms with Crippen molar-refractivity contribution in [1.82, 2.24) is 20.4 Å². The van der Waals surface area contributed by atoms with Crippen molar-refractivity contribution in [2.24, 2.45) is 4.99 Å². The predicted octanol–water partition coefficient (Wildman–Crippen LogP) is 3.35. The molecule has 0 amide bonds. The lowest BCUT2D eigenvalue weighted by atomic mass is 10.0. The number of likely N-dealkylation sites (N-methyl/N-ethyl adjacent to an activating group) is 1. The van der Waals surface area contributed by atoms with Crippen LogP contribution in [0.5, 0.6) is 5.75 Å². The van der Waals surface area contributed by atoms with Crippen molar-refractivity contribution in [1.29, 1.82) is 0 Å². The fraction of sp³-hybridized carbons (Fsp3) is 0.682. The second kappa shape index (κ2) is 12.6. The molecule has 0 saturated carbocycles. The molecule has 166 valence electrons. The molecule has 1 unspecified atom stereocenters. The number of rotatable bonds is 9. The van der Waals surface area contributed by atoms with Crippen molar-refractivity contribution in [3.05, 3.63) is 29.8 Å². The number of nitrogens with zero attached hydrogens (tertiary/aromatic N) is 3. The Balaban J connectivity index is 0.00000420. The molecule has 1 aromatic rings. The van der Waals surface area contributed by atoms with E-state index in [2.05, 4.69) is 73.5 Å². The van der Waals surface area contributed by atoms with Gasteiger partial charge in [0.15, 0.2) is 5.96 Å². The fourth-order valence-corrected chi connectivity index (χ4v) is 3.31. The second-order valence-electron chi connectivity index (χ2n) is 8.32. The minimum absolute atomic E-state index is 0. The number of ether oxygens (including phenoxy) is 1. The molecule has 1 saturated heterocycles. The number of guanidine groups is 1. The Morgan fingerprint density at radius 1 is 1.24 bits per heavy atom. The van der Waals surface area contributed by atoms with E-state index in [1.165, 1.54) is 18.4 Å². The van der Waals surface area contributed by atoms with Gasteiger partial charge in [0.2, 0.25) is 0 Å². The van der Waals surface area contributed by atoms with Gasteiger partial charge < -0.3 is 20.3 Å². The summed E-state index contributed by atoms with van der Waals surface area (Å²) in [5.74, 6) is 1.79. The van der Waals surface area contributed by atoms with Crippen molar-refractivity contribution in [2.75, 3.05) is 53.9 Å². The molecular formula is C22H40IN5O. The molecule has 0 bridgehead atoms. The number of halogens is 1. The number of benzene rings is 1. The molecule has 7 heteroatoms. The summed E-state index contributed by atoms with van der Waals surface area (Å²) in [6.07, 6.45) is 2.54. The molecule has 1 aromatic carbocycles. The molecule has 6 nitrogen and oxygen atoms in total. The molecule has 1 aliphatic heterocycles. The lowest BCUT2D eigenvalue weighted by Gasteiger charge is -2.31. The molecule has 1 atom stereocenters. The first-order chi connectivity index (χ1) is 13.4. The van der Waals surface area contributed by atoms with Crippen LogP contribution in [0.3, 0.4) is 0 Å². The highest BCUT2D eigenvalue weighted by Crippen LogP contribution is 2.27. The lowest BCUT2D eigenvalue weighted by Crippen LogP contribution is -2.45. The maximum absolute atomic E-state index is 5.45. The van der Waals surface area contributed by atoms with Gasteiger partial charge in [0.25, 0.3) is 0 Å². The molecule has 0 radical (unpaired) electrons. The number of hydrogen-bond acceptors (Lipinski definition) is 4. The van der Waals surface area contributed by atoms with Gasteiger partial charge in [-0.3, -0.25) is 9.89 Å². The van der Waals surface area contributed by atoms with Crippen LogP contribution in [0.25, 0.3) is 0 Å². The Labute approximate surface area is 194 Å². The summed E-state index contributed by atoms with van der Waals surface area (Å²) in [6.45, 7) is 11.2. The maximum Gasteiger partial charge on any atom is 0.191 e. The Kier molecular flexibility index (Phi) is 11.3. The molecule has 0 spiro atoms. The van der Waals surface area contributed by atoms with Crippen LogP contribution in [0.2, 0.25) is 0 Å². The van der Waals surface area contributed by atoms with Crippen molar-refractivity contribution in [3.8, 4) is 5.75 Å². The zero-order valence-electron chi connectivity index (χ0n) is 19.0. The highest BCUT2D eigenvalue weighted by molar-refractivity contribution is 14.0. The Morgan fingerprint density at radius 3 is 2.52 bits per heavy atom. The third-order valence-corrected chi connectivity index (χ3v) is 5.70. The summed E-state index contributed by atoms with van der Waals surface area (Å²) < 4.78 is 5.45. The Morgan fingerprint density at radius 2 is 1.93 bits per heavy atom. The van der Waals surface area contributed by atoms with Gasteiger partial charge in [-0.05, 0) is 78.5 Å². The van der Waals surface area contributed by atoms with Crippen LogP contribution in [-0.2, 0) is 0 Å². The monoisotopic (exact) mass is 517 g/mol. The van der Waals surface area contributed by atoms with E-state index in [0.29, 0.717) is 6.04 Å². The van der Waals surface area contributed by atoms with Crippen LogP contribution < -0.4 is 15.4 Å². The van der Waals surface area contributed by atoms with E-state index in [4.69, 9.17) is 9.73 Å². The fourth-order valence-electron chi connectivity index (χ4n) is 3.31. The normalized spacial score (nSPS) is 16.4. The zero-order valence-corrected chi connectivity index (χ0v) is 21.3. The van der Waals surface area contributed by atoms with Crippen LogP contribution in [0, 0.1) is 0 Å². The van der Waals surface area contributed by atoms with Crippen molar-refractivity contribution >= 4 is 29.9 Å². The summed E-state index contributed by atoms with van der Waals surface area (Å²) in [5.41, 5.74) is 1.31. The Hall–Kier alpha value is -1.06. The molecule has 29 heavy (non-hydrogen) atoms. The topological polar surface area (TPSA) is 52.1 Å². The molecule has 0 aliphatic carbocycles. The largest absolute Gasteiger partial charge is 0.497 e. The van der Waals surface area contributed by atoms with E-state index in [9.17, 15) is 0 Å². The van der Waals surface area contributed by atoms with Gasteiger partial charge in [0.05, 0.1) is 19.7 Å². The van der Waals surface area contributed by atoms with Gasteiger partial charge in [-0.1, -0.05) is 12.1 Å². The van der Waals surface area contributed by atoms with Gasteiger partial charge in [0, 0.05) is 18.6 Å². The van der Waals surface area contributed by atoms with Crippen LogP contribution >= 0.6 is 24.0 Å². The van der Waals surface area contributed by atoms with Gasteiger partial charge in [-0.2, -0.15) is 0 Å². The zero-order chi connectivity index (χ0) is 20.6. The summed E-state index contributed by atoms with van der Waals surface area (Å²) in [5, 5.41) is 6.97. The minimum Gasteiger partial charge on any atom is -0.497 e. The summed E-state index contributed by atoms with van der Waals surface area (Å²) in [7, 11) is 5.93. The molecule has 2 N–H and O–H groups in total. The van der Waals surface area contributed by atoms with Crippen LogP contribution in [-0.4, -0.2) is 75.2 Å². The van der Waals surface area contributed by atoms with E-state index in [-0.39, 0.29) is 29.5 Å². The number of likely N-dealkylation sites (tertiary alicyclic amines) is 1. The molecule has 0 aromatic heterocycles. The molecule has 1 fully saturated rings. The van der Waals surface area contributed by atoms with Crippen molar-refractivity contribution in [2.45, 2.75) is 45.2 Å². The van der Waals surface area contributed by atoms with Crippen LogP contribution in [0.4, 0.5) is 0 Å². The van der Waals surface area contributed by atoms with Crippen LogP contribution in [0.15, 0.2) is 29.3 Å². The van der Waals surface area contributed by atoms with E-state index in [0.717, 1.165) is 44.4 Å². The second-order valence-corrected chi connectivity index (χ2v) is 8.32. The number of methoxy groups -OCH3 is 1. The average Bonchev–Trinajstić information content (AvgIpc) is 3.20. The van der Waals surface area contributed by atoms with Gasteiger partial charge in [-0.15, -0.1) is 24.0 Å². The molecular weight excluding hydrogens is 477 g/mol. The first-order valence-corrected chi connectivity index (χ1v) is 10.4. The number of nitrogens with one attached hydrogen (secondary N) is 2. The van der Waals surface area contributed by atoms with E-state index < -0.39 is 0 Å². The minimum atomic E-state index is 0.